The minimum absolute atomic E-state index is 0.0892. The smallest absolute Gasteiger partial charge is 0.230 e. The maximum absolute atomic E-state index is 12.5. The van der Waals surface area contributed by atoms with E-state index in [4.69, 9.17) is 16.3 Å². The first-order valence-electron chi connectivity index (χ1n) is 11.8. The van der Waals surface area contributed by atoms with Gasteiger partial charge in [-0.05, 0) is 60.4 Å². The summed E-state index contributed by atoms with van der Waals surface area (Å²) >= 11 is 7.27. The van der Waals surface area contributed by atoms with Crippen LogP contribution in [0.3, 0.4) is 0 Å². The number of para-hydroxylation sites is 1. The zero-order chi connectivity index (χ0) is 25.5. The minimum Gasteiger partial charge on any atom is -0.483 e. The molecule has 186 valence electrons. The van der Waals surface area contributed by atoms with E-state index in [0.717, 1.165) is 17.0 Å². The number of hydrogen-bond donors (Lipinski definition) is 1. The van der Waals surface area contributed by atoms with Crippen LogP contribution in [-0.2, 0) is 11.3 Å². The maximum Gasteiger partial charge on any atom is 0.230 e. The first-order chi connectivity index (χ1) is 17.4. The first-order valence-corrected chi connectivity index (χ1v) is 13.2. The highest BCUT2D eigenvalue weighted by atomic mass is 35.5. The van der Waals surface area contributed by atoms with Crippen LogP contribution in [0.1, 0.15) is 49.7 Å². The molecule has 36 heavy (non-hydrogen) atoms. The molecule has 0 saturated carbocycles. The Morgan fingerprint density at radius 2 is 1.67 bits per heavy atom. The van der Waals surface area contributed by atoms with Crippen LogP contribution >= 0.6 is 23.4 Å². The third-order valence-electron chi connectivity index (χ3n) is 5.63. The van der Waals surface area contributed by atoms with Crippen LogP contribution in [0, 0.1) is 0 Å². The molecular weight excluding hydrogens is 492 g/mol. The molecule has 8 heteroatoms. The molecule has 1 aromatic heterocycles. The Balaban J connectivity index is 1.47. The molecule has 6 nitrogen and oxygen atoms in total. The molecule has 1 unspecified atom stereocenters. The molecule has 3 aromatic carbocycles. The van der Waals surface area contributed by atoms with Gasteiger partial charge in [0.2, 0.25) is 5.91 Å². The van der Waals surface area contributed by atoms with E-state index in [9.17, 15) is 4.79 Å². The fraction of sp³-hybridized carbons (Fsp3) is 0.250. The number of benzene rings is 3. The fourth-order valence-electron chi connectivity index (χ4n) is 3.63. The van der Waals surface area contributed by atoms with Crippen molar-refractivity contribution in [1.82, 2.24) is 20.1 Å². The third-order valence-corrected chi connectivity index (χ3v) is 6.81. The van der Waals surface area contributed by atoms with Gasteiger partial charge in [0, 0.05) is 17.3 Å². The second kappa shape index (κ2) is 12.1. The number of rotatable bonds is 10. The van der Waals surface area contributed by atoms with Gasteiger partial charge in [-0.3, -0.25) is 9.36 Å². The summed E-state index contributed by atoms with van der Waals surface area (Å²) in [6.07, 6.45) is -0.351. The van der Waals surface area contributed by atoms with Crippen LogP contribution in [-0.4, -0.2) is 26.4 Å². The summed E-state index contributed by atoms with van der Waals surface area (Å²) in [6.45, 7) is 6.72. The molecule has 0 aliphatic heterocycles. The van der Waals surface area contributed by atoms with Crippen molar-refractivity contribution in [1.29, 1.82) is 0 Å². The van der Waals surface area contributed by atoms with E-state index >= 15 is 0 Å². The Hall–Kier alpha value is -3.29. The number of thioether (sulfide) groups is 1. The Labute approximate surface area is 221 Å². The highest BCUT2D eigenvalue weighted by Crippen LogP contribution is 2.28. The number of amides is 1. The summed E-state index contributed by atoms with van der Waals surface area (Å²) in [5.74, 6) is 2.02. The third kappa shape index (κ3) is 6.68. The monoisotopic (exact) mass is 520 g/mol. The number of aromatic nitrogens is 3. The Morgan fingerprint density at radius 1 is 0.972 bits per heavy atom. The van der Waals surface area contributed by atoms with Crippen LogP contribution in [0.2, 0.25) is 5.02 Å². The summed E-state index contributed by atoms with van der Waals surface area (Å²) in [5, 5.41) is 13.1. The molecule has 1 N–H and O–H groups in total. The van der Waals surface area contributed by atoms with E-state index in [2.05, 4.69) is 41.5 Å². The van der Waals surface area contributed by atoms with E-state index in [1.54, 1.807) is 0 Å². The van der Waals surface area contributed by atoms with Gasteiger partial charge in [-0.1, -0.05) is 79.7 Å². The predicted octanol–water partition coefficient (Wildman–Crippen LogP) is 6.59. The SMILES string of the molecule is CC(C)c1ccc(OC(C)c2nnc(SCC(=O)NCc3ccc(Cl)cc3)n2-c2ccccc2)cc1. The fourth-order valence-corrected chi connectivity index (χ4v) is 4.54. The minimum atomic E-state index is -0.351. The number of ether oxygens (including phenoxy) is 1. The second-order valence-electron chi connectivity index (χ2n) is 8.69. The summed E-state index contributed by atoms with van der Waals surface area (Å²) < 4.78 is 8.16. The number of carbonyl (C=O) groups is 1. The van der Waals surface area contributed by atoms with Gasteiger partial charge < -0.3 is 10.1 Å². The molecular formula is C28H29ClN4O2S. The van der Waals surface area contributed by atoms with Crippen molar-refractivity contribution in [2.24, 2.45) is 0 Å². The largest absolute Gasteiger partial charge is 0.483 e. The van der Waals surface area contributed by atoms with E-state index in [1.807, 2.05) is 78.2 Å². The molecule has 0 aliphatic carbocycles. The van der Waals surface area contributed by atoms with Crippen molar-refractivity contribution >= 4 is 29.3 Å². The van der Waals surface area contributed by atoms with Gasteiger partial charge in [0.05, 0.1) is 5.75 Å². The van der Waals surface area contributed by atoms with Crippen LogP contribution < -0.4 is 10.1 Å². The van der Waals surface area contributed by atoms with E-state index in [1.165, 1.54) is 17.3 Å². The molecule has 0 radical (unpaired) electrons. The predicted molar refractivity (Wildman–Crippen MR) is 145 cm³/mol. The normalized spacial score (nSPS) is 11.9. The van der Waals surface area contributed by atoms with Crippen molar-refractivity contribution in [2.45, 2.75) is 44.5 Å². The molecule has 1 amide bonds. The van der Waals surface area contributed by atoms with Gasteiger partial charge >= 0.3 is 0 Å². The van der Waals surface area contributed by atoms with Crippen LogP contribution in [0.15, 0.2) is 84.0 Å². The summed E-state index contributed by atoms with van der Waals surface area (Å²) in [6, 6.07) is 25.4. The van der Waals surface area contributed by atoms with E-state index in [-0.39, 0.29) is 17.8 Å². The molecule has 0 aliphatic rings. The average molecular weight is 521 g/mol. The lowest BCUT2D eigenvalue weighted by molar-refractivity contribution is -0.118. The molecule has 0 spiro atoms. The van der Waals surface area contributed by atoms with Gasteiger partial charge in [-0.25, -0.2) is 0 Å². The zero-order valence-electron chi connectivity index (χ0n) is 20.5. The topological polar surface area (TPSA) is 69.0 Å². The summed E-state index contributed by atoms with van der Waals surface area (Å²) in [7, 11) is 0. The highest BCUT2D eigenvalue weighted by Gasteiger charge is 2.21. The highest BCUT2D eigenvalue weighted by molar-refractivity contribution is 7.99. The molecule has 1 atom stereocenters. The number of nitrogens with one attached hydrogen (secondary N) is 1. The average Bonchev–Trinajstić information content (AvgIpc) is 3.32. The van der Waals surface area contributed by atoms with Crippen molar-refractivity contribution in [3.05, 3.63) is 101 Å². The Bertz CT molecular complexity index is 1280. The molecule has 4 aromatic rings. The molecule has 0 bridgehead atoms. The van der Waals surface area contributed by atoms with E-state index < -0.39 is 0 Å². The lowest BCUT2D eigenvalue weighted by atomic mass is 10.0. The van der Waals surface area contributed by atoms with Gasteiger partial charge in [0.25, 0.3) is 0 Å². The lowest BCUT2D eigenvalue weighted by Crippen LogP contribution is -2.24. The summed E-state index contributed by atoms with van der Waals surface area (Å²) in [5.41, 5.74) is 3.16. The quantitative estimate of drug-likeness (QED) is 0.239. The van der Waals surface area contributed by atoms with Crippen LogP contribution in [0.5, 0.6) is 5.75 Å². The van der Waals surface area contributed by atoms with Crippen molar-refractivity contribution < 1.29 is 9.53 Å². The van der Waals surface area contributed by atoms with Gasteiger partial charge in [-0.2, -0.15) is 0 Å². The zero-order valence-corrected chi connectivity index (χ0v) is 22.1. The maximum atomic E-state index is 12.5. The summed E-state index contributed by atoms with van der Waals surface area (Å²) in [4.78, 5) is 12.5. The number of halogens is 1. The molecule has 0 saturated heterocycles. The van der Waals surface area contributed by atoms with Crippen molar-refractivity contribution in [3.8, 4) is 11.4 Å². The Kier molecular flexibility index (Phi) is 8.67. The van der Waals surface area contributed by atoms with Crippen molar-refractivity contribution in [3.63, 3.8) is 0 Å². The number of nitrogens with zero attached hydrogens (tertiary/aromatic N) is 3. The lowest BCUT2D eigenvalue weighted by Gasteiger charge is -2.17. The first kappa shape index (κ1) is 25.8. The van der Waals surface area contributed by atoms with Crippen LogP contribution in [0.25, 0.3) is 5.69 Å². The molecule has 4 rings (SSSR count). The Morgan fingerprint density at radius 3 is 2.33 bits per heavy atom. The van der Waals surface area contributed by atoms with Gasteiger partial charge in [-0.15, -0.1) is 10.2 Å². The standard InChI is InChI=1S/C28H29ClN4O2S/c1-19(2)22-11-15-25(16-12-22)35-20(3)27-31-32-28(33(27)24-7-5-4-6-8-24)36-18-26(34)30-17-21-9-13-23(29)14-10-21/h4-16,19-20H,17-18H2,1-3H3,(H,30,34). The van der Waals surface area contributed by atoms with Gasteiger partial charge in [0.1, 0.15) is 5.75 Å². The molecule has 1 heterocycles. The van der Waals surface area contributed by atoms with E-state index in [0.29, 0.717) is 28.5 Å². The number of hydrogen-bond acceptors (Lipinski definition) is 5. The van der Waals surface area contributed by atoms with Crippen molar-refractivity contribution in [2.75, 3.05) is 5.75 Å². The van der Waals surface area contributed by atoms with Crippen LogP contribution in [0.4, 0.5) is 0 Å². The van der Waals surface area contributed by atoms with Gasteiger partial charge in [0.15, 0.2) is 17.1 Å². The second-order valence-corrected chi connectivity index (χ2v) is 10.1. The number of carbonyl (C=O) groups excluding carboxylic acids is 1. The molecule has 0 fully saturated rings.